The lowest BCUT2D eigenvalue weighted by molar-refractivity contribution is -0.121. The fourth-order valence-corrected chi connectivity index (χ4v) is 2.43. The lowest BCUT2D eigenvalue weighted by atomic mass is 10.1. The number of rotatable bonds is 8. The van der Waals surface area contributed by atoms with Crippen molar-refractivity contribution >= 4 is 11.7 Å². The molecule has 0 aliphatic heterocycles. The third kappa shape index (κ3) is 5.01. The number of aromatic nitrogens is 2. The van der Waals surface area contributed by atoms with E-state index in [-0.39, 0.29) is 31.1 Å². The maximum Gasteiger partial charge on any atom is 0.247 e. The third-order valence-corrected chi connectivity index (χ3v) is 3.92. The third-order valence-electron chi connectivity index (χ3n) is 3.92. The number of hydrogen-bond acceptors (Lipinski definition) is 6. The van der Waals surface area contributed by atoms with Gasteiger partial charge in [0.15, 0.2) is 5.78 Å². The summed E-state index contributed by atoms with van der Waals surface area (Å²) in [6, 6.07) is 16.2. The minimum absolute atomic E-state index is 0.0878. The summed E-state index contributed by atoms with van der Waals surface area (Å²) >= 11 is 0. The molecule has 0 aliphatic carbocycles. The molecule has 1 heterocycles. The summed E-state index contributed by atoms with van der Waals surface area (Å²) in [6.07, 6.45) is 0.210. The summed E-state index contributed by atoms with van der Waals surface area (Å²) in [4.78, 5) is 24.1. The Balaban J connectivity index is 1.45. The Kier molecular flexibility index (Phi) is 5.94. The van der Waals surface area contributed by atoms with Crippen molar-refractivity contribution in [1.29, 1.82) is 0 Å². The average Bonchev–Trinajstić information content (AvgIpc) is 3.20. The van der Waals surface area contributed by atoms with Crippen molar-refractivity contribution in [3.05, 3.63) is 66.1 Å². The number of carbonyl (C=O) groups excluding carboxylic acids is 2. The normalized spacial score (nSPS) is 10.4. The van der Waals surface area contributed by atoms with Crippen LogP contribution < -0.4 is 10.1 Å². The van der Waals surface area contributed by atoms with Crippen LogP contribution in [0, 0.1) is 0 Å². The Hall–Kier alpha value is -3.48. The molecule has 138 valence electrons. The molecule has 27 heavy (non-hydrogen) atoms. The topological polar surface area (TPSA) is 94.3 Å². The highest BCUT2D eigenvalue weighted by Gasteiger charge is 2.12. The number of benzene rings is 2. The van der Waals surface area contributed by atoms with Crippen LogP contribution in [-0.4, -0.2) is 29.0 Å². The molecular weight excluding hydrogens is 346 g/mol. The molecule has 1 aromatic heterocycles. The van der Waals surface area contributed by atoms with Crippen LogP contribution in [0.15, 0.2) is 59.0 Å². The molecule has 2 aromatic carbocycles. The summed E-state index contributed by atoms with van der Waals surface area (Å²) in [7, 11) is 1.56. The number of amides is 1. The molecule has 0 fully saturated rings. The van der Waals surface area contributed by atoms with Gasteiger partial charge >= 0.3 is 0 Å². The lowest BCUT2D eigenvalue weighted by Crippen LogP contribution is -2.23. The highest BCUT2D eigenvalue weighted by Crippen LogP contribution is 2.17. The number of ether oxygens (including phenoxy) is 1. The van der Waals surface area contributed by atoms with Gasteiger partial charge in [-0.05, 0) is 36.4 Å². The van der Waals surface area contributed by atoms with E-state index in [4.69, 9.17) is 9.15 Å². The van der Waals surface area contributed by atoms with Gasteiger partial charge in [0.05, 0.1) is 13.7 Å². The molecule has 3 rings (SSSR count). The largest absolute Gasteiger partial charge is 0.497 e. The summed E-state index contributed by atoms with van der Waals surface area (Å²) in [5, 5.41) is 10.6. The zero-order chi connectivity index (χ0) is 19.1. The molecule has 0 saturated heterocycles. The molecule has 7 nitrogen and oxygen atoms in total. The van der Waals surface area contributed by atoms with Crippen molar-refractivity contribution in [2.45, 2.75) is 19.4 Å². The van der Waals surface area contributed by atoms with E-state index >= 15 is 0 Å². The molecule has 0 spiro atoms. The lowest BCUT2D eigenvalue weighted by Gasteiger charge is -2.04. The molecule has 0 saturated carbocycles. The first-order valence-electron chi connectivity index (χ1n) is 8.47. The van der Waals surface area contributed by atoms with Crippen LogP contribution in [0.2, 0.25) is 0 Å². The van der Waals surface area contributed by atoms with Gasteiger partial charge in [-0.25, -0.2) is 0 Å². The summed E-state index contributed by atoms with van der Waals surface area (Å²) in [5.41, 5.74) is 1.36. The molecular formula is C20H19N3O4. The first-order valence-corrected chi connectivity index (χ1v) is 8.47. The number of nitrogens with zero attached hydrogens (tertiary/aromatic N) is 2. The van der Waals surface area contributed by atoms with Crippen LogP contribution >= 0.6 is 0 Å². The minimum Gasteiger partial charge on any atom is -0.497 e. The van der Waals surface area contributed by atoms with Crippen molar-refractivity contribution in [1.82, 2.24) is 15.5 Å². The molecule has 1 amide bonds. The minimum atomic E-state index is -0.253. The van der Waals surface area contributed by atoms with E-state index in [1.165, 1.54) is 0 Å². The average molecular weight is 365 g/mol. The number of hydrogen-bond donors (Lipinski definition) is 1. The van der Waals surface area contributed by atoms with Gasteiger partial charge in [-0.3, -0.25) is 9.59 Å². The molecule has 1 N–H and O–H groups in total. The standard InChI is InChI=1S/C20H19N3O4/c1-26-16-9-7-14(8-10-16)17(24)11-12-18(25)21-13-19-22-23-20(27-19)15-5-3-2-4-6-15/h2-10H,11-13H2,1H3,(H,21,25). The van der Waals surface area contributed by atoms with Crippen molar-refractivity contribution in [2.75, 3.05) is 7.11 Å². The van der Waals surface area contributed by atoms with Crippen molar-refractivity contribution in [3.8, 4) is 17.2 Å². The van der Waals surface area contributed by atoms with E-state index in [9.17, 15) is 9.59 Å². The van der Waals surface area contributed by atoms with E-state index in [1.54, 1.807) is 31.4 Å². The quantitative estimate of drug-likeness (QED) is 0.617. The Bertz CT molecular complexity index is 904. The van der Waals surface area contributed by atoms with Gasteiger partial charge in [-0.1, -0.05) is 18.2 Å². The van der Waals surface area contributed by atoms with Gasteiger partial charge in [0.2, 0.25) is 17.7 Å². The molecule has 7 heteroatoms. The van der Waals surface area contributed by atoms with Gasteiger partial charge in [-0.15, -0.1) is 10.2 Å². The first kappa shape index (κ1) is 18.3. The molecule has 0 unspecified atom stereocenters. The highest BCUT2D eigenvalue weighted by molar-refractivity contribution is 5.98. The van der Waals surface area contributed by atoms with Crippen molar-refractivity contribution < 1.29 is 18.7 Å². The maximum absolute atomic E-state index is 12.1. The van der Waals surface area contributed by atoms with Crippen LogP contribution in [0.3, 0.4) is 0 Å². The van der Waals surface area contributed by atoms with Gasteiger partial charge in [0, 0.05) is 24.0 Å². The molecule has 3 aromatic rings. The second-order valence-corrected chi connectivity index (χ2v) is 5.80. The van der Waals surface area contributed by atoms with E-state index in [2.05, 4.69) is 15.5 Å². The number of nitrogens with one attached hydrogen (secondary N) is 1. The van der Waals surface area contributed by atoms with E-state index < -0.39 is 0 Å². The second kappa shape index (κ2) is 8.75. The van der Waals surface area contributed by atoms with Crippen LogP contribution in [0.1, 0.15) is 29.1 Å². The first-order chi connectivity index (χ1) is 13.2. The second-order valence-electron chi connectivity index (χ2n) is 5.80. The van der Waals surface area contributed by atoms with Crippen LogP contribution in [0.25, 0.3) is 11.5 Å². The van der Waals surface area contributed by atoms with Crippen LogP contribution in [0.4, 0.5) is 0 Å². The Morgan fingerprint density at radius 3 is 2.44 bits per heavy atom. The molecule has 0 radical (unpaired) electrons. The number of methoxy groups -OCH3 is 1. The summed E-state index contributed by atoms with van der Waals surface area (Å²) in [6.45, 7) is 0.120. The maximum atomic E-state index is 12.1. The van der Waals surface area contributed by atoms with E-state index in [1.807, 2.05) is 30.3 Å². The van der Waals surface area contributed by atoms with Crippen LogP contribution in [-0.2, 0) is 11.3 Å². The molecule has 0 aliphatic rings. The van der Waals surface area contributed by atoms with E-state index in [0.717, 1.165) is 5.56 Å². The zero-order valence-electron chi connectivity index (χ0n) is 14.8. The summed E-state index contributed by atoms with van der Waals surface area (Å²) < 4.78 is 10.6. The van der Waals surface area contributed by atoms with Crippen molar-refractivity contribution in [2.24, 2.45) is 0 Å². The highest BCUT2D eigenvalue weighted by atomic mass is 16.5. The fourth-order valence-electron chi connectivity index (χ4n) is 2.43. The Morgan fingerprint density at radius 1 is 1.00 bits per heavy atom. The SMILES string of the molecule is COc1ccc(C(=O)CCC(=O)NCc2nnc(-c3ccccc3)o2)cc1. The molecule has 0 bridgehead atoms. The molecule has 0 atom stereocenters. The van der Waals surface area contributed by atoms with E-state index in [0.29, 0.717) is 23.1 Å². The van der Waals surface area contributed by atoms with Gasteiger partial charge in [0.25, 0.3) is 0 Å². The predicted octanol–water partition coefficient (Wildman–Crippen LogP) is 3.02. The predicted molar refractivity (Wildman–Crippen MR) is 98.1 cm³/mol. The zero-order valence-corrected chi connectivity index (χ0v) is 14.8. The number of carbonyl (C=O) groups is 2. The summed E-state index contributed by atoms with van der Waals surface area (Å²) in [5.74, 6) is 1.03. The van der Waals surface area contributed by atoms with Gasteiger partial charge in [-0.2, -0.15) is 0 Å². The van der Waals surface area contributed by atoms with Gasteiger partial charge in [0.1, 0.15) is 5.75 Å². The van der Waals surface area contributed by atoms with Crippen LogP contribution in [0.5, 0.6) is 5.75 Å². The number of Topliss-reactive ketones (excluding diaryl/α,β-unsaturated/α-hetero) is 1. The van der Waals surface area contributed by atoms with Crippen molar-refractivity contribution in [3.63, 3.8) is 0 Å². The Morgan fingerprint density at radius 2 is 1.74 bits per heavy atom. The smallest absolute Gasteiger partial charge is 0.247 e. The number of ketones is 1. The monoisotopic (exact) mass is 365 g/mol. The fraction of sp³-hybridized carbons (Fsp3) is 0.200. The Labute approximate surface area is 156 Å². The van der Waals surface area contributed by atoms with Gasteiger partial charge < -0.3 is 14.5 Å².